The number of esters is 1. The second-order valence-corrected chi connectivity index (χ2v) is 16.0. The smallest absolute Gasteiger partial charge is 0.343 e. The molecule has 2 heterocycles. The van der Waals surface area contributed by atoms with E-state index in [2.05, 4.69) is 74.9 Å². The zero-order chi connectivity index (χ0) is 42.5. The van der Waals surface area contributed by atoms with Crippen molar-refractivity contribution in [2.24, 2.45) is 0 Å². The summed E-state index contributed by atoms with van der Waals surface area (Å²) in [5.41, 5.74) is 5.32. The summed E-state index contributed by atoms with van der Waals surface area (Å²) in [5, 5.41) is 0. The van der Waals surface area contributed by atoms with Crippen LogP contribution < -0.4 is 33.1 Å². The number of unbranched alkanes of at least 4 members (excludes halogenated alkanes) is 7. The molecule has 0 unspecified atom stereocenters. The fraction of sp³-hybridized carbons (Fsp3) is 0.412. The third-order valence-electron chi connectivity index (χ3n) is 10.7. The second kappa shape index (κ2) is 24.4. The molecule has 0 spiro atoms. The van der Waals surface area contributed by atoms with Crippen molar-refractivity contribution in [3.05, 3.63) is 138 Å². The van der Waals surface area contributed by atoms with E-state index in [-0.39, 0.29) is 12.2 Å². The molecule has 9 heteroatoms. The summed E-state index contributed by atoms with van der Waals surface area (Å²) >= 11 is 0. The predicted molar refractivity (Wildman–Crippen MR) is 241 cm³/mol. The Hall–Kier alpha value is -5.70. The van der Waals surface area contributed by atoms with Gasteiger partial charge in [0.25, 0.3) is 0 Å². The van der Waals surface area contributed by atoms with Gasteiger partial charge in [-0.15, -0.1) is 0 Å². The van der Waals surface area contributed by atoms with Gasteiger partial charge in [0.1, 0.15) is 30.3 Å². The predicted octanol–water partition coefficient (Wildman–Crippen LogP) is 9.66. The average Bonchev–Trinajstić information content (AvgIpc) is 3.26. The maximum Gasteiger partial charge on any atom is 0.343 e. The number of ketones is 1. The van der Waals surface area contributed by atoms with Crippen molar-refractivity contribution in [2.45, 2.75) is 97.1 Å². The molecule has 0 amide bonds. The first-order chi connectivity index (χ1) is 29.2. The van der Waals surface area contributed by atoms with E-state index in [1.54, 1.807) is 12.1 Å². The van der Waals surface area contributed by atoms with Crippen LogP contribution in [0.1, 0.15) is 103 Å². The molecular formula is C51H66N4O5+2. The van der Waals surface area contributed by atoms with E-state index in [0.717, 1.165) is 80.7 Å². The standard InChI is InChI=1S/C51H66N4O5/c1-6-7-8-9-10-11-16-44-39-41(40-49(56)42-18-22-47(23-19-42)58-37-14-12-31-54-33-27-45(28-34-54)52(2)3)17-26-50(44)60-51(57)43-20-24-48(25-21-43)59-38-15-13-32-55-35-29-46(30-36-55)53(4)5/h17-30,33-36,39H,6-16,31-32,37-38,40H2,1-5H3/q+2. The highest BCUT2D eigenvalue weighted by Gasteiger charge is 2.15. The third kappa shape index (κ3) is 15.2. The second-order valence-electron chi connectivity index (χ2n) is 16.0. The minimum Gasteiger partial charge on any atom is -0.494 e. The molecule has 60 heavy (non-hydrogen) atoms. The Morgan fingerprint density at radius 3 is 1.57 bits per heavy atom. The Bertz CT molecular complexity index is 2030. The van der Waals surface area contributed by atoms with Gasteiger partial charge >= 0.3 is 5.97 Å². The van der Waals surface area contributed by atoms with Gasteiger partial charge in [0.2, 0.25) is 0 Å². The van der Waals surface area contributed by atoms with Crippen LogP contribution in [0.4, 0.5) is 11.4 Å². The van der Waals surface area contributed by atoms with Crippen molar-refractivity contribution in [1.82, 2.24) is 0 Å². The number of aromatic nitrogens is 2. The average molecular weight is 815 g/mol. The fourth-order valence-corrected chi connectivity index (χ4v) is 6.97. The molecule has 0 fully saturated rings. The number of rotatable bonds is 26. The molecule has 5 aromatic rings. The van der Waals surface area contributed by atoms with Crippen molar-refractivity contribution in [2.75, 3.05) is 51.2 Å². The number of aryl methyl sites for hydroxylation is 3. The summed E-state index contributed by atoms with van der Waals surface area (Å²) < 4.78 is 22.3. The molecule has 0 atom stereocenters. The molecule has 0 aliphatic carbocycles. The van der Waals surface area contributed by atoms with E-state index >= 15 is 0 Å². The fourth-order valence-electron chi connectivity index (χ4n) is 6.97. The highest BCUT2D eigenvalue weighted by molar-refractivity contribution is 5.97. The molecule has 318 valence electrons. The number of benzene rings is 3. The van der Waals surface area contributed by atoms with Crippen molar-refractivity contribution >= 4 is 23.1 Å². The Labute approximate surface area is 358 Å². The molecule has 0 saturated heterocycles. The molecule has 0 aliphatic rings. The number of ether oxygens (including phenoxy) is 3. The first kappa shape index (κ1) is 45.4. The molecule has 0 radical (unpaired) electrons. The minimum atomic E-state index is -0.414. The van der Waals surface area contributed by atoms with Gasteiger partial charge in [-0.1, -0.05) is 51.2 Å². The number of nitrogens with zero attached hydrogens (tertiary/aromatic N) is 4. The van der Waals surface area contributed by atoms with Gasteiger partial charge in [0.05, 0.1) is 18.8 Å². The molecule has 0 saturated carbocycles. The third-order valence-corrected chi connectivity index (χ3v) is 10.7. The number of pyridine rings is 2. The Kier molecular flexibility index (Phi) is 18.5. The first-order valence-electron chi connectivity index (χ1n) is 21.8. The molecule has 3 aromatic carbocycles. The van der Waals surface area contributed by atoms with Crippen molar-refractivity contribution in [1.29, 1.82) is 0 Å². The highest BCUT2D eigenvalue weighted by Crippen LogP contribution is 2.26. The lowest BCUT2D eigenvalue weighted by Crippen LogP contribution is -2.33. The first-order valence-corrected chi connectivity index (χ1v) is 21.8. The maximum absolute atomic E-state index is 13.4. The SMILES string of the molecule is CCCCCCCCc1cc(CC(=O)c2ccc(OCCCC[n+]3ccc(N(C)C)cc3)cc2)ccc1OC(=O)c1ccc(OCCCC[n+]2ccc(N(C)C)cc2)cc1. The van der Waals surface area contributed by atoms with E-state index in [1.807, 2.05) is 82.8 Å². The molecular weight excluding hydrogens is 749 g/mol. The normalized spacial score (nSPS) is 10.9. The summed E-state index contributed by atoms with van der Waals surface area (Å²) in [6, 6.07) is 28.8. The van der Waals surface area contributed by atoms with Gasteiger partial charge in [-0.05, 0) is 91.4 Å². The van der Waals surface area contributed by atoms with E-state index in [4.69, 9.17) is 14.2 Å². The van der Waals surface area contributed by atoms with Crippen molar-refractivity contribution in [3.63, 3.8) is 0 Å². The Morgan fingerprint density at radius 2 is 1.05 bits per heavy atom. The van der Waals surface area contributed by atoms with Crippen LogP contribution in [0.3, 0.4) is 0 Å². The van der Waals surface area contributed by atoms with Gasteiger partial charge in [-0.2, -0.15) is 0 Å². The van der Waals surface area contributed by atoms with Crippen LogP contribution in [-0.4, -0.2) is 53.2 Å². The number of Topliss-reactive ketones (excluding diaryl/α,β-unsaturated/α-hetero) is 1. The number of hydrogen-bond acceptors (Lipinski definition) is 7. The summed E-state index contributed by atoms with van der Waals surface area (Å²) in [7, 11) is 8.17. The summed E-state index contributed by atoms with van der Waals surface area (Å²) in [6.45, 7) is 5.31. The minimum absolute atomic E-state index is 0.0326. The van der Waals surface area contributed by atoms with Crippen LogP contribution in [0, 0.1) is 0 Å². The van der Waals surface area contributed by atoms with E-state index in [0.29, 0.717) is 30.1 Å². The number of carbonyl (C=O) groups is 2. The van der Waals surface area contributed by atoms with E-state index < -0.39 is 5.97 Å². The monoisotopic (exact) mass is 815 g/mol. The molecule has 9 nitrogen and oxygen atoms in total. The number of hydrogen-bond donors (Lipinski definition) is 0. The Balaban J connectivity index is 1.09. The lowest BCUT2D eigenvalue weighted by molar-refractivity contribution is -0.697. The maximum atomic E-state index is 13.4. The summed E-state index contributed by atoms with van der Waals surface area (Å²) in [4.78, 5) is 30.9. The van der Waals surface area contributed by atoms with E-state index in [1.165, 1.54) is 37.1 Å². The quantitative estimate of drug-likeness (QED) is 0.0181. The number of anilines is 2. The lowest BCUT2D eigenvalue weighted by Gasteiger charge is -2.13. The van der Waals surface area contributed by atoms with Crippen LogP contribution in [0.5, 0.6) is 17.2 Å². The van der Waals surface area contributed by atoms with Crippen LogP contribution in [0.25, 0.3) is 0 Å². The van der Waals surface area contributed by atoms with Crippen LogP contribution >= 0.6 is 0 Å². The topological polar surface area (TPSA) is 76.1 Å². The van der Waals surface area contributed by atoms with Gasteiger partial charge in [0, 0.05) is 88.7 Å². The number of carbonyl (C=O) groups excluding carboxylic acids is 2. The summed E-state index contributed by atoms with van der Waals surface area (Å²) in [6.07, 6.45) is 20.3. The molecule has 0 aliphatic heterocycles. The van der Waals surface area contributed by atoms with Crippen LogP contribution in [-0.2, 0) is 25.9 Å². The molecule has 2 aromatic heterocycles. The van der Waals surface area contributed by atoms with Gasteiger partial charge in [-0.25, -0.2) is 13.9 Å². The van der Waals surface area contributed by atoms with Crippen LogP contribution in [0.2, 0.25) is 0 Å². The summed E-state index contributed by atoms with van der Waals surface area (Å²) in [5.74, 6) is 1.65. The molecule has 0 N–H and O–H groups in total. The largest absolute Gasteiger partial charge is 0.494 e. The zero-order valence-electron chi connectivity index (χ0n) is 36.6. The zero-order valence-corrected chi connectivity index (χ0v) is 36.6. The highest BCUT2D eigenvalue weighted by atomic mass is 16.5. The molecule has 0 bridgehead atoms. The van der Waals surface area contributed by atoms with Crippen molar-refractivity contribution < 1.29 is 32.9 Å². The van der Waals surface area contributed by atoms with Gasteiger partial charge < -0.3 is 24.0 Å². The molecule has 5 rings (SSSR count). The van der Waals surface area contributed by atoms with Gasteiger partial charge in [0.15, 0.2) is 30.6 Å². The van der Waals surface area contributed by atoms with Crippen molar-refractivity contribution in [3.8, 4) is 17.2 Å². The Morgan fingerprint density at radius 1 is 0.550 bits per heavy atom. The van der Waals surface area contributed by atoms with E-state index in [9.17, 15) is 9.59 Å². The lowest BCUT2D eigenvalue weighted by atomic mass is 9.98. The van der Waals surface area contributed by atoms with Crippen LogP contribution in [0.15, 0.2) is 116 Å². The van der Waals surface area contributed by atoms with Gasteiger partial charge in [-0.3, -0.25) is 4.79 Å².